The van der Waals surface area contributed by atoms with Crippen molar-refractivity contribution in [3.05, 3.63) is 30.1 Å². The zero-order valence-electron chi connectivity index (χ0n) is 8.12. The highest BCUT2D eigenvalue weighted by Crippen LogP contribution is 2.20. The predicted octanol–water partition coefficient (Wildman–Crippen LogP) is 0.899. The normalized spacial score (nSPS) is 11.6. The number of aliphatic hydroxyl groups excluding tert-OH is 1. The molecule has 1 aromatic rings. The van der Waals surface area contributed by atoms with Gasteiger partial charge in [0.2, 0.25) is 0 Å². The van der Waals surface area contributed by atoms with Gasteiger partial charge >= 0.3 is 0 Å². The fourth-order valence-electron chi connectivity index (χ4n) is 1.23. The molecule has 0 aliphatic heterocycles. The minimum atomic E-state index is 0.0109. The van der Waals surface area contributed by atoms with Crippen LogP contribution in [0.5, 0.6) is 0 Å². The predicted molar refractivity (Wildman–Crippen MR) is 52.4 cm³/mol. The summed E-state index contributed by atoms with van der Waals surface area (Å²) in [5.41, 5.74) is 1.19. The van der Waals surface area contributed by atoms with Crippen LogP contribution < -0.4 is 5.32 Å². The largest absolute Gasteiger partial charge is 0.381 e. The molecule has 0 aromatic carbocycles. The average molecular weight is 180 g/mol. The molecule has 0 saturated heterocycles. The second-order valence-corrected chi connectivity index (χ2v) is 3.71. The smallest absolute Gasteiger partial charge is 0.0931 e. The highest BCUT2D eigenvalue weighted by molar-refractivity contribution is 5.19. The van der Waals surface area contributed by atoms with Gasteiger partial charge in [-0.15, -0.1) is 0 Å². The molecular formula is C10H16N2O. The van der Waals surface area contributed by atoms with E-state index < -0.39 is 0 Å². The first-order valence-corrected chi connectivity index (χ1v) is 4.39. The van der Waals surface area contributed by atoms with Crippen LogP contribution in [0.2, 0.25) is 0 Å². The third-order valence-electron chi connectivity index (χ3n) is 2.12. The van der Waals surface area contributed by atoms with Crippen LogP contribution in [-0.2, 0) is 5.41 Å². The van der Waals surface area contributed by atoms with E-state index in [9.17, 15) is 0 Å². The number of aliphatic hydroxyl groups is 1. The molecule has 0 amide bonds. The van der Waals surface area contributed by atoms with Gasteiger partial charge in [-0.2, -0.15) is 0 Å². The van der Waals surface area contributed by atoms with Crippen molar-refractivity contribution in [1.82, 2.24) is 10.3 Å². The van der Waals surface area contributed by atoms with Crippen LogP contribution in [0.15, 0.2) is 24.5 Å². The third kappa shape index (κ3) is 2.79. The van der Waals surface area contributed by atoms with Crippen LogP contribution in [-0.4, -0.2) is 23.4 Å². The first-order valence-electron chi connectivity index (χ1n) is 4.39. The molecule has 0 atom stereocenters. The fraction of sp³-hybridized carbons (Fsp3) is 0.500. The maximum absolute atomic E-state index is 8.65. The van der Waals surface area contributed by atoms with Gasteiger partial charge in [0.25, 0.3) is 0 Å². The van der Waals surface area contributed by atoms with Gasteiger partial charge in [0.1, 0.15) is 0 Å². The Morgan fingerprint density at radius 1 is 1.54 bits per heavy atom. The number of nitrogens with zero attached hydrogens (tertiary/aromatic N) is 1. The molecule has 0 fully saturated rings. The standard InChI is InChI=1S/C10H16N2O/c1-10(2,7-12-8-13)9-4-3-5-11-6-9/h3-6,12-13H,7-8H2,1-2H3. The van der Waals surface area contributed by atoms with Crippen LogP contribution in [0.4, 0.5) is 0 Å². The summed E-state index contributed by atoms with van der Waals surface area (Å²) < 4.78 is 0. The van der Waals surface area contributed by atoms with E-state index in [0.717, 1.165) is 6.54 Å². The summed E-state index contributed by atoms with van der Waals surface area (Å²) in [6, 6.07) is 3.97. The molecule has 72 valence electrons. The summed E-state index contributed by atoms with van der Waals surface area (Å²) in [6.45, 7) is 5.00. The van der Waals surface area contributed by atoms with Gasteiger partial charge in [-0.3, -0.25) is 10.3 Å². The maximum Gasteiger partial charge on any atom is 0.0931 e. The van der Waals surface area contributed by atoms with Crippen molar-refractivity contribution >= 4 is 0 Å². The Hall–Kier alpha value is -0.930. The topological polar surface area (TPSA) is 45.1 Å². The van der Waals surface area contributed by atoms with Gasteiger partial charge in [0.05, 0.1) is 6.73 Å². The molecule has 1 heterocycles. The first kappa shape index (κ1) is 10.2. The van der Waals surface area contributed by atoms with E-state index in [1.165, 1.54) is 5.56 Å². The Balaban J connectivity index is 2.69. The van der Waals surface area contributed by atoms with Crippen molar-refractivity contribution in [2.45, 2.75) is 19.3 Å². The summed E-state index contributed by atoms with van der Waals surface area (Å²) in [4.78, 5) is 4.07. The number of nitrogens with one attached hydrogen (secondary N) is 1. The molecule has 13 heavy (non-hydrogen) atoms. The van der Waals surface area contributed by atoms with Crippen molar-refractivity contribution in [3.63, 3.8) is 0 Å². The van der Waals surface area contributed by atoms with Gasteiger partial charge < -0.3 is 5.11 Å². The molecule has 0 radical (unpaired) electrons. The van der Waals surface area contributed by atoms with E-state index >= 15 is 0 Å². The van der Waals surface area contributed by atoms with Gasteiger partial charge in [-0.05, 0) is 11.6 Å². The molecule has 0 unspecified atom stereocenters. The van der Waals surface area contributed by atoms with E-state index in [4.69, 9.17) is 5.11 Å². The van der Waals surface area contributed by atoms with Crippen LogP contribution in [0.3, 0.4) is 0 Å². The maximum atomic E-state index is 8.65. The lowest BCUT2D eigenvalue weighted by molar-refractivity contribution is 0.247. The Morgan fingerprint density at radius 2 is 2.31 bits per heavy atom. The SMILES string of the molecule is CC(C)(CNCO)c1cccnc1. The number of aromatic nitrogens is 1. The molecule has 0 bridgehead atoms. The summed E-state index contributed by atoms with van der Waals surface area (Å²) in [5, 5.41) is 11.6. The van der Waals surface area contributed by atoms with E-state index in [-0.39, 0.29) is 12.1 Å². The van der Waals surface area contributed by atoms with Crippen LogP contribution in [0.25, 0.3) is 0 Å². The Labute approximate surface area is 78.8 Å². The molecule has 1 rings (SSSR count). The molecule has 0 aliphatic carbocycles. The van der Waals surface area contributed by atoms with E-state index in [2.05, 4.69) is 24.1 Å². The van der Waals surface area contributed by atoms with Crippen LogP contribution in [0.1, 0.15) is 19.4 Å². The van der Waals surface area contributed by atoms with Gasteiger partial charge in [-0.25, -0.2) is 0 Å². The summed E-state index contributed by atoms with van der Waals surface area (Å²) in [5.74, 6) is 0. The van der Waals surface area contributed by atoms with Crippen molar-refractivity contribution in [3.8, 4) is 0 Å². The minimum Gasteiger partial charge on any atom is -0.381 e. The van der Waals surface area contributed by atoms with Crippen molar-refractivity contribution < 1.29 is 5.11 Å². The van der Waals surface area contributed by atoms with Crippen molar-refractivity contribution in [1.29, 1.82) is 0 Å². The Kier molecular flexibility index (Phi) is 3.39. The van der Waals surface area contributed by atoms with Crippen LogP contribution >= 0.6 is 0 Å². The van der Waals surface area contributed by atoms with Gasteiger partial charge in [0, 0.05) is 24.4 Å². The number of hydrogen-bond acceptors (Lipinski definition) is 3. The summed E-state index contributed by atoms with van der Waals surface area (Å²) in [7, 11) is 0. The second-order valence-electron chi connectivity index (χ2n) is 3.71. The second kappa shape index (κ2) is 4.35. The molecule has 0 aliphatic rings. The van der Waals surface area contributed by atoms with Crippen molar-refractivity contribution in [2.75, 3.05) is 13.3 Å². The highest BCUT2D eigenvalue weighted by atomic mass is 16.3. The van der Waals surface area contributed by atoms with Crippen LogP contribution in [0, 0.1) is 0 Å². The molecule has 1 aromatic heterocycles. The molecule has 0 saturated carbocycles. The number of rotatable bonds is 4. The zero-order chi connectivity index (χ0) is 9.73. The Morgan fingerprint density at radius 3 is 2.85 bits per heavy atom. The number of hydrogen-bond donors (Lipinski definition) is 2. The average Bonchev–Trinajstić information content (AvgIpc) is 2.16. The Bertz CT molecular complexity index is 246. The van der Waals surface area contributed by atoms with Crippen molar-refractivity contribution in [2.24, 2.45) is 0 Å². The zero-order valence-corrected chi connectivity index (χ0v) is 8.12. The minimum absolute atomic E-state index is 0.0109. The molecular weight excluding hydrogens is 164 g/mol. The van der Waals surface area contributed by atoms with E-state index in [1.807, 2.05) is 18.3 Å². The summed E-state index contributed by atoms with van der Waals surface area (Å²) >= 11 is 0. The lowest BCUT2D eigenvalue weighted by atomic mass is 9.86. The van der Waals surface area contributed by atoms with E-state index in [0.29, 0.717) is 0 Å². The molecule has 2 N–H and O–H groups in total. The van der Waals surface area contributed by atoms with Gasteiger partial charge in [0.15, 0.2) is 0 Å². The lowest BCUT2D eigenvalue weighted by Gasteiger charge is -2.24. The van der Waals surface area contributed by atoms with E-state index in [1.54, 1.807) is 6.20 Å². The fourth-order valence-corrected chi connectivity index (χ4v) is 1.23. The van der Waals surface area contributed by atoms with Gasteiger partial charge in [-0.1, -0.05) is 19.9 Å². The highest BCUT2D eigenvalue weighted by Gasteiger charge is 2.19. The molecule has 3 nitrogen and oxygen atoms in total. The monoisotopic (exact) mass is 180 g/mol. The third-order valence-corrected chi connectivity index (χ3v) is 2.12. The molecule has 3 heteroatoms. The lowest BCUT2D eigenvalue weighted by Crippen LogP contribution is -2.33. The quantitative estimate of drug-likeness (QED) is 0.677. The summed E-state index contributed by atoms with van der Waals surface area (Å²) in [6.07, 6.45) is 3.62. The first-order chi connectivity index (χ1) is 6.17. The molecule has 0 spiro atoms. The number of pyridine rings is 1.